The van der Waals surface area contributed by atoms with E-state index in [1.165, 1.54) is 12.8 Å². The lowest BCUT2D eigenvalue weighted by atomic mass is 10.1. The van der Waals surface area contributed by atoms with Crippen molar-refractivity contribution in [2.24, 2.45) is 0 Å². The number of halogens is 1. The molecule has 0 saturated heterocycles. The van der Waals surface area contributed by atoms with Crippen LogP contribution < -0.4 is 14.8 Å². The molecule has 1 aromatic rings. The van der Waals surface area contributed by atoms with E-state index in [0.29, 0.717) is 36.6 Å². The highest BCUT2D eigenvalue weighted by Gasteiger charge is 2.25. The Labute approximate surface area is 130 Å². The van der Waals surface area contributed by atoms with Crippen LogP contribution in [-0.4, -0.2) is 33.0 Å². The van der Waals surface area contributed by atoms with Crippen molar-refractivity contribution in [1.29, 1.82) is 0 Å². The molecule has 5 heteroatoms. The molecule has 2 aliphatic rings. The maximum Gasteiger partial charge on any atom is 0.141 e. The average molecular weight is 310 g/mol. The summed E-state index contributed by atoms with van der Waals surface area (Å²) in [7, 11) is 1.68. The van der Waals surface area contributed by atoms with Crippen LogP contribution in [0.1, 0.15) is 24.8 Å². The number of rotatable bonds is 7. The van der Waals surface area contributed by atoms with Gasteiger partial charge in [-0.2, -0.15) is 0 Å². The molecule has 0 spiro atoms. The van der Waals surface area contributed by atoms with Gasteiger partial charge in [-0.25, -0.2) is 0 Å². The fourth-order valence-electron chi connectivity index (χ4n) is 2.27. The van der Waals surface area contributed by atoms with Crippen LogP contribution in [0.15, 0.2) is 18.2 Å². The molecule has 0 radical (unpaired) electrons. The molecule has 1 fully saturated rings. The fraction of sp³-hybridized carbons (Fsp3) is 0.500. The normalized spacial score (nSPS) is 16.8. The maximum atomic E-state index is 6.32. The number of methoxy groups -OCH3 is 1. The summed E-state index contributed by atoms with van der Waals surface area (Å²) in [6.45, 7) is 1.83. The first kappa shape index (κ1) is 14.5. The summed E-state index contributed by atoms with van der Waals surface area (Å²) in [5, 5.41) is 4.13. The predicted octanol–water partition coefficient (Wildman–Crippen LogP) is 3.24. The number of nitrogens with one attached hydrogen (secondary N) is 1. The van der Waals surface area contributed by atoms with E-state index in [9.17, 15) is 0 Å². The Bertz CT molecular complexity index is 541. The van der Waals surface area contributed by atoms with Gasteiger partial charge in [0.05, 0.1) is 11.6 Å². The van der Waals surface area contributed by atoms with E-state index < -0.39 is 0 Å². The molecular weight excluding hydrogens is 290 g/mol. The van der Waals surface area contributed by atoms with Crippen molar-refractivity contribution >= 4 is 17.3 Å². The Morgan fingerprint density at radius 3 is 2.95 bits per heavy atom. The van der Waals surface area contributed by atoms with Gasteiger partial charge in [0.2, 0.25) is 0 Å². The summed E-state index contributed by atoms with van der Waals surface area (Å²) < 4.78 is 16.4. The van der Waals surface area contributed by atoms with Crippen LogP contribution in [-0.2, 0) is 4.74 Å². The minimum atomic E-state index is 0.576. The first-order valence-electron chi connectivity index (χ1n) is 7.33. The lowest BCUT2D eigenvalue weighted by molar-refractivity contribution is 0.172. The lowest BCUT2D eigenvalue weighted by Gasteiger charge is -2.21. The van der Waals surface area contributed by atoms with Crippen LogP contribution in [0.5, 0.6) is 11.5 Å². The monoisotopic (exact) mass is 309 g/mol. The third-order valence-corrected chi connectivity index (χ3v) is 3.83. The molecule has 21 heavy (non-hydrogen) atoms. The molecule has 1 aliphatic heterocycles. The van der Waals surface area contributed by atoms with Crippen LogP contribution in [0.25, 0.3) is 5.70 Å². The first-order valence-corrected chi connectivity index (χ1v) is 7.71. The molecule has 1 saturated carbocycles. The SMILES string of the molecule is COCCCOc1cc2c(cc1Cl)C(NC1CC1)=CCO2. The number of hydrogen-bond acceptors (Lipinski definition) is 4. The lowest BCUT2D eigenvalue weighted by Crippen LogP contribution is -2.19. The molecule has 114 valence electrons. The van der Waals surface area contributed by atoms with Gasteiger partial charge in [0.25, 0.3) is 0 Å². The van der Waals surface area contributed by atoms with Crippen molar-refractivity contribution in [2.75, 3.05) is 26.9 Å². The highest BCUT2D eigenvalue weighted by atomic mass is 35.5. The maximum absolute atomic E-state index is 6.32. The van der Waals surface area contributed by atoms with E-state index in [-0.39, 0.29) is 0 Å². The van der Waals surface area contributed by atoms with Crippen LogP contribution in [0, 0.1) is 0 Å². The highest BCUT2D eigenvalue weighted by molar-refractivity contribution is 6.32. The van der Waals surface area contributed by atoms with E-state index in [0.717, 1.165) is 23.4 Å². The molecule has 0 unspecified atom stereocenters. The zero-order valence-corrected chi connectivity index (χ0v) is 12.9. The average Bonchev–Trinajstić information content (AvgIpc) is 3.29. The van der Waals surface area contributed by atoms with Crippen LogP contribution in [0.2, 0.25) is 5.02 Å². The number of ether oxygens (including phenoxy) is 3. The van der Waals surface area contributed by atoms with Gasteiger partial charge in [0.15, 0.2) is 0 Å². The van der Waals surface area contributed by atoms with Crippen LogP contribution in [0.4, 0.5) is 0 Å². The summed E-state index contributed by atoms with van der Waals surface area (Å²) in [5.74, 6) is 1.49. The Balaban J connectivity index is 1.72. The minimum absolute atomic E-state index is 0.576. The van der Waals surface area contributed by atoms with Gasteiger partial charge in [-0.3, -0.25) is 0 Å². The third kappa shape index (κ3) is 3.63. The standard InChI is InChI=1S/C16H20ClNO3/c1-19-6-2-7-20-16-10-15-12(9-13(16)17)14(5-8-21-15)18-11-3-4-11/h5,9-11,18H,2-4,6-8H2,1H3. The summed E-state index contributed by atoms with van der Waals surface area (Å²) in [4.78, 5) is 0. The second kappa shape index (κ2) is 6.58. The molecular formula is C16H20ClNO3. The first-order chi connectivity index (χ1) is 10.3. The summed E-state index contributed by atoms with van der Waals surface area (Å²) in [6, 6.07) is 4.40. The van der Waals surface area contributed by atoms with Crippen molar-refractivity contribution in [3.05, 3.63) is 28.8 Å². The van der Waals surface area contributed by atoms with E-state index in [1.54, 1.807) is 7.11 Å². The third-order valence-electron chi connectivity index (χ3n) is 3.54. The highest BCUT2D eigenvalue weighted by Crippen LogP contribution is 2.38. The fourth-order valence-corrected chi connectivity index (χ4v) is 2.49. The number of fused-ring (bicyclic) bond motifs is 1. The molecule has 1 heterocycles. The Morgan fingerprint density at radius 2 is 2.19 bits per heavy atom. The molecule has 0 aromatic heterocycles. The van der Waals surface area contributed by atoms with Gasteiger partial charge < -0.3 is 19.5 Å². The molecule has 0 amide bonds. The van der Waals surface area contributed by atoms with E-state index in [2.05, 4.69) is 11.4 Å². The molecule has 1 N–H and O–H groups in total. The van der Waals surface area contributed by atoms with Crippen molar-refractivity contribution in [2.45, 2.75) is 25.3 Å². The molecule has 3 rings (SSSR count). The number of hydrogen-bond donors (Lipinski definition) is 1. The summed E-state index contributed by atoms with van der Waals surface area (Å²) in [6.07, 6.45) is 5.37. The van der Waals surface area contributed by atoms with E-state index in [1.807, 2.05) is 12.1 Å². The van der Waals surface area contributed by atoms with Gasteiger partial charge >= 0.3 is 0 Å². The topological polar surface area (TPSA) is 39.7 Å². The van der Waals surface area contributed by atoms with Gasteiger partial charge in [0, 0.05) is 43.5 Å². The summed E-state index contributed by atoms with van der Waals surface area (Å²) in [5.41, 5.74) is 2.13. The predicted molar refractivity (Wildman–Crippen MR) is 83.1 cm³/mol. The Hall–Kier alpha value is -1.39. The van der Waals surface area contributed by atoms with Crippen molar-refractivity contribution in [3.63, 3.8) is 0 Å². The van der Waals surface area contributed by atoms with Gasteiger partial charge in [-0.15, -0.1) is 0 Å². The second-order valence-electron chi connectivity index (χ2n) is 5.32. The van der Waals surface area contributed by atoms with Crippen LogP contribution in [0.3, 0.4) is 0 Å². The zero-order valence-electron chi connectivity index (χ0n) is 12.2. The van der Waals surface area contributed by atoms with Crippen molar-refractivity contribution < 1.29 is 14.2 Å². The van der Waals surface area contributed by atoms with E-state index in [4.69, 9.17) is 25.8 Å². The van der Waals surface area contributed by atoms with Crippen molar-refractivity contribution in [1.82, 2.24) is 5.32 Å². The molecule has 4 nitrogen and oxygen atoms in total. The van der Waals surface area contributed by atoms with Gasteiger partial charge in [-0.05, 0) is 25.0 Å². The number of benzene rings is 1. The summed E-state index contributed by atoms with van der Waals surface area (Å²) >= 11 is 6.32. The Kier molecular flexibility index (Phi) is 4.56. The van der Waals surface area contributed by atoms with Gasteiger partial charge in [0.1, 0.15) is 18.1 Å². The molecule has 1 aliphatic carbocycles. The van der Waals surface area contributed by atoms with E-state index >= 15 is 0 Å². The Morgan fingerprint density at radius 1 is 1.33 bits per heavy atom. The quantitative estimate of drug-likeness (QED) is 0.785. The zero-order chi connectivity index (χ0) is 14.7. The smallest absolute Gasteiger partial charge is 0.141 e. The molecule has 0 bridgehead atoms. The molecule has 0 atom stereocenters. The van der Waals surface area contributed by atoms with Crippen molar-refractivity contribution in [3.8, 4) is 11.5 Å². The van der Waals surface area contributed by atoms with Crippen LogP contribution >= 0.6 is 11.6 Å². The largest absolute Gasteiger partial charge is 0.492 e. The second-order valence-corrected chi connectivity index (χ2v) is 5.73. The molecule has 1 aromatic carbocycles. The van der Waals surface area contributed by atoms with Gasteiger partial charge in [-0.1, -0.05) is 11.6 Å². The minimum Gasteiger partial charge on any atom is -0.492 e.